The molecule has 0 aliphatic carbocycles. The number of nitrogens with two attached hydrogens (primary N) is 1. The van der Waals surface area contributed by atoms with Crippen molar-refractivity contribution in [2.75, 3.05) is 33.4 Å². The Morgan fingerprint density at radius 3 is 2.71 bits per heavy atom. The zero-order valence-electron chi connectivity index (χ0n) is 13.3. The number of hydrogen-bond acceptors (Lipinski definition) is 4. The van der Waals surface area contributed by atoms with E-state index in [0.29, 0.717) is 12.6 Å². The second kappa shape index (κ2) is 8.37. The predicted octanol–water partition coefficient (Wildman–Crippen LogP) is 2.59. The standard InChI is InChI=1S/C17H28N2O2/c1-3-10-20-15-8-6-14(7-9-15)17(12-18)19(2)13-16-5-4-11-21-16/h6-9,16-17H,3-5,10-13,18H2,1-2H3. The van der Waals surface area contributed by atoms with Crippen molar-refractivity contribution in [3.05, 3.63) is 29.8 Å². The van der Waals surface area contributed by atoms with Crippen LogP contribution < -0.4 is 10.5 Å². The molecule has 0 amide bonds. The van der Waals surface area contributed by atoms with Gasteiger partial charge in [-0.15, -0.1) is 0 Å². The lowest BCUT2D eigenvalue weighted by Gasteiger charge is -2.29. The maximum absolute atomic E-state index is 5.98. The van der Waals surface area contributed by atoms with E-state index in [9.17, 15) is 0 Å². The van der Waals surface area contributed by atoms with Crippen molar-refractivity contribution in [1.82, 2.24) is 4.90 Å². The molecule has 118 valence electrons. The summed E-state index contributed by atoms with van der Waals surface area (Å²) in [7, 11) is 2.13. The summed E-state index contributed by atoms with van der Waals surface area (Å²) in [5.41, 5.74) is 7.22. The molecule has 0 radical (unpaired) electrons. The van der Waals surface area contributed by atoms with Crippen molar-refractivity contribution in [3.63, 3.8) is 0 Å². The number of likely N-dealkylation sites (N-methyl/N-ethyl adjacent to an activating group) is 1. The van der Waals surface area contributed by atoms with Crippen LogP contribution in [0.2, 0.25) is 0 Å². The van der Waals surface area contributed by atoms with Crippen molar-refractivity contribution >= 4 is 0 Å². The minimum atomic E-state index is 0.231. The largest absolute Gasteiger partial charge is 0.494 e. The first-order valence-corrected chi connectivity index (χ1v) is 7.99. The molecule has 0 aromatic heterocycles. The zero-order valence-corrected chi connectivity index (χ0v) is 13.3. The molecule has 1 aromatic rings. The van der Waals surface area contributed by atoms with Gasteiger partial charge < -0.3 is 15.2 Å². The van der Waals surface area contributed by atoms with Crippen LogP contribution in [0, 0.1) is 0 Å². The first kappa shape index (κ1) is 16.3. The molecular formula is C17H28N2O2. The van der Waals surface area contributed by atoms with Gasteiger partial charge in [0.05, 0.1) is 12.7 Å². The third-order valence-corrected chi connectivity index (χ3v) is 4.01. The highest BCUT2D eigenvalue weighted by molar-refractivity contribution is 5.29. The Bertz CT molecular complexity index is 402. The molecule has 2 unspecified atom stereocenters. The van der Waals surface area contributed by atoms with Crippen LogP contribution >= 0.6 is 0 Å². The predicted molar refractivity (Wildman–Crippen MR) is 85.6 cm³/mol. The Kier molecular flexibility index (Phi) is 6.49. The highest BCUT2D eigenvalue weighted by Crippen LogP contribution is 2.23. The van der Waals surface area contributed by atoms with Gasteiger partial charge in [0.1, 0.15) is 5.75 Å². The minimum absolute atomic E-state index is 0.231. The molecule has 1 fully saturated rings. The van der Waals surface area contributed by atoms with Gasteiger partial charge in [0.2, 0.25) is 0 Å². The van der Waals surface area contributed by atoms with Crippen LogP contribution in [0.3, 0.4) is 0 Å². The third-order valence-electron chi connectivity index (χ3n) is 4.01. The van der Waals surface area contributed by atoms with E-state index in [4.69, 9.17) is 15.2 Å². The maximum Gasteiger partial charge on any atom is 0.119 e. The highest BCUT2D eigenvalue weighted by atomic mass is 16.5. The molecule has 1 aromatic carbocycles. The Morgan fingerprint density at radius 1 is 1.38 bits per heavy atom. The number of ether oxygens (including phenoxy) is 2. The summed E-state index contributed by atoms with van der Waals surface area (Å²) in [6.45, 7) is 5.32. The van der Waals surface area contributed by atoms with Crippen molar-refractivity contribution in [1.29, 1.82) is 0 Å². The molecule has 1 aliphatic heterocycles. The van der Waals surface area contributed by atoms with Crippen molar-refractivity contribution in [2.24, 2.45) is 5.73 Å². The molecule has 4 nitrogen and oxygen atoms in total. The Labute approximate surface area is 128 Å². The van der Waals surface area contributed by atoms with Gasteiger partial charge in [-0.2, -0.15) is 0 Å². The summed E-state index contributed by atoms with van der Waals surface area (Å²) in [6, 6.07) is 8.54. The number of nitrogens with zero attached hydrogens (tertiary/aromatic N) is 1. The smallest absolute Gasteiger partial charge is 0.119 e. The Morgan fingerprint density at radius 2 is 2.14 bits per heavy atom. The molecule has 2 atom stereocenters. The normalized spacial score (nSPS) is 19.9. The molecule has 2 N–H and O–H groups in total. The van der Waals surface area contributed by atoms with Gasteiger partial charge in [0.15, 0.2) is 0 Å². The van der Waals surface area contributed by atoms with Crippen LogP contribution in [0.5, 0.6) is 5.75 Å². The Balaban J connectivity index is 1.95. The van der Waals surface area contributed by atoms with Gasteiger partial charge >= 0.3 is 0 Å². The van der Waals surface area contributed by atoms with E-state index in [0.717, 1.165) is 38.3 Å². The van der Waals surface area contributed by atoms with Gasteiger partial charge in [-0.25, -0.2) is 0 Å². The lowest BCUT2D eigenvalue weighted by molar-refractivity contribution is 0.0689. The van der Waals surface area contributed by atoms with E-state index in [1.165, 1.54) is 12.0 Å². The summed E-state index contributed by atoms with van der Waals surface area (Å²) in [6.07, 6.45) is 3.72. The van der Waals surface area contributed by atoms with Crippen molar-refractivity contribution < 1.29 is 9.47 Å². The third kappa shape index (κ3) is 4.70. The maximum atomic E-state index is 5.98. The lowest BCUT2D eigenvalue weighted by Crippen LogP contribution is -2.36. The zero-order chi connectivity index (χ0) is 15.1. The van der Waals surface area contributed by atoms with E-state index in [2.05, 4.69) is 31.0 Å². The van der Waals surface area contributed by atoms with E-state index < -0.39 is 0 Å². The quantitative estimate of drug-likeness (QED) is 0.800. The average Bonchev–Trinajstić information content (AvgIpc) is 3.00. The van der Waals surface area contributed by atoms with Crippen LogP contribution in [-0.2, 0) is 4.74 Å². The molecule has 0 spiro atoms. The van der Waals surface area contributed by atoms with E-state index in [1.807, 2.05) is 12.1 Å². The van der Waals surface area contributed by atoms with Crippen LogP contribution in [0.1, 0.15) is 37.8 Å². The van der Waals surface area contributed by atoms with Crippen LogP contribution in [-0.4, -0.2) is 44.4 Å². The molecule has 21 heavy (non-hydrogen) atoms. The van der Waals surface area contributed by atoms with Gasteiger partial charge in [0.25, 0.3) is 0 Å². The second-order valence-corrected chi connectivity index (χ2v) is 5.74. The number of benzene rings is 1. The minimum Gasteiger partial charge on any atom is -0.494 e. The molecule has 1 heterocycles. The molecule has 4 heteroatoms. The summed E-state index contributed by atoms with van der Waals surface area (Å²) in [5.74, 6) is 0.929. The first-order valence-electron chi connectivity index (χ1n) is 7.99. The fourth-order valence-corrected chi connectivity index (χ4v) is 2.81. The van der Waals surface area contributed by atoms with Gasteiger partial charge in [-0.05, 0) is 44.0 Å². The summed E-state index contributed by atoms with van der Waals surface area (Å²) in [5, 5.41) is 0. The first-order chi connectivity index (χ1) is 10.2. The van der Waals surface area contributed by atoms with Gasteiger partial charge in [-0.3, -0.25) is 4.90 Å². The van der Waals surface area contributed by atoms with Crippen molar-refractivity contribution in [3.8, 4) is 5.75 Å². The Hall–Kier alpha value is -1.10. The fraction of sp³-hybridized carbons (Fsp3) is 0.647. The lowest BCUT2D eigenvalue weighted by atomic mass is 10.0. The van der Waals surface area contributed by atoms with E-state index >= 15 is 0 Å². The molecular weight excluding hydrogens is 264 g/mol. The van der Waals surface area contributed by atoms with Gasteiger partial charge in [0, 0.05) is 25.7 Å². The monoisotopic (exact) mass is 292 g/mol. The molecule has 0 bridgehead atoms. The molecule has 1 saturated heterocycles. The van der Waals surface area contributed by atoms with Crippen LogP contribution in [0.25, 0.3) is 0 Å². The fourth-order valence-electron chi connectivity index (χ4n) is 2.81. The highest BCUT2D eigenvalue weighted by Gasteiger charge is 2.22. The van der Waals surface area contributed by atoms with E-state index in [1.54, 1.807) is 0 Å². The van der Waals surface area contributed by atoms with Crippen molar-refractivity contribution in [2.45, 2.75) is 38.3 Å². The molecule has 2 rings (SSSR count). The molecule has 1 aliphatic rings. The topological polar surface area (TPSA) is 47.7 Å². The number of hydrogen-bond donors (Lipinski definition) is 1. The summed E-state index contributed by atoms with van der Waals surface area (Å²) < 4.78 is 11.3. The SMILES string of the molecule is CCCOc1ccc(C(CN)N(C)CC2CCCO2)cc1. The summed E-state index contributed by atoms with van der Waals surface area (Å²) in [4.78, 5) is 2.30. The average molecular weight is 292 g/mol. The van der Waals surface area contributed by atoms with Gasteiger partial charge in [-0.1, -0.05) is 19.1 Å². The van der Waals surface area contributed by atoms with Crippen LogP contribution in [0.4, 0.5) is 0 Å². The second-order valence-electron chi connectivity index (χ2n) is 5.74. The number of rotatable bonds is 8. The van der Waals surface area contributed by atoms with Crippen LogP contribution in [0.15, 0.2) is 24.3 Å². The van der Waals surface area contributed by atoms with E-state index in [-0.39, 0.29) is 6.04 Å². The molecule has 0 saturated carbocycles. The summed E-state index contributed by atoms with van der Waals surface area (Å²) >= 11 is 0.